The van der Waals surface area contributed by atoms with Crippen LogP contribution in [0.15, 0.2) is 11.6 Å². The highest BCUT2D eigenvalue weighted by atomic mass is 16.5. The van der Waals surface area contributed by atoms with Crippen LogP contribution in [0.25, 0.3) is 0 Å². The Hall–Kier alpha value is -2.46. The molecule has 2 aliphatic rings. The third-order valence-electron chi connectivity index (χ3n) is 4.96. The molecule has 0 radical (unpaired) electrons. The average Bonchev–Trinajstić information content (AvgIpc) is 2.76. The Morgan fingerprint density at radius 3 is 1.73 bits per heavy atom. The van der Waals surface area contributed by atoms with Crippen molar-refractivity contribution in [3.63, 3.8) is 0 Å². The number of hydrogen-bond donors (Lipinski definition) is 2. The van der Waals surface area contributed by atoms with E-state index < -0.39 is 17.9 Å². The number of carbonyl (C=O) groups is 4. The Kier molecular flexibility index (Phi) is 11.7. The van der Waals surface area contributed by atoms with Crippen LogP contribution in [0.1, 0.15) is 33.1 Å². The van der Waals surface area contributed by atoms with E-state index in [2.05, 4.69) is 0 Å². The molecule has 30 heavy (non-hydrogen) atoms. The van der Waals surface area contributed by atoms with E-state index in [0.29, 0.717) is 59.0 Å². The van der Waals surface area contributed by atoms with Crippen LogP contribution < -0.4 is 0 Å². The van der Waals surface area contributed by atoms with Crippen molar-refractivity contribution in [3.8, 4) is 0 Å². The first-order valence-corrected chi connectivity index (χ1v) is 10.1. The molecule has 0 aliphatic carbocycles. The Balaban J connectivity index is 0.000000300. The first kappa shape index (κ1) is 25.6. The van der Waals surface area contributed by atoms with Gasteiger partial charge in [0.2, 0.25) is 11.8 Å². The molecule has 0 aromatic heterocycles. The molecule has 170 valence electrons. The maximum Gasteiger partial charge on any atom is 0.331 e. The second-order valence-corrected chi connectivity index (χ2v) is 6.93. The predicted octanol–water partition coefficient (Wildman–Crippen LogP) is 0.612. The molecule has 10 nitrogen and oxygen atoms in total. The smallest absolute Gasteiger partial charge is 0.331 e. The summed E-state index contributed by atoms with van der Waals surface area (Å²) in [7, 11) is 0. The molecule has 2 amide bonds. The fraction of sp³-hybridized carbons (Fsp3) is 0.700. The van der Waals surface area contributed by atoms with Crippen LogP contribution >= 0.6 is 0 Å². The third kappa shape index (κ3) is 8.91. The van der Waals surface area contributed by atoms with Crippen molar-refractivity contribution in [1.29, 1.82) is 0 Å². The normalized spacial score (nSPS) is 18.1. The maximum atomic E-state index is 11.7. The van der Waals surface area contributed by atoms with E-state index >= 15 is 0 Å². The van der Waals surface area contributed by atoms with Gasteiger partial charge in [0.25, 0.3) is 0 Å². The minimum absolute atomic E-state index is 0.0359. The molecule has 2 fully saturated rings. The van der Waals surface area contributed by atoms with E-state index in [1.165, 1.54) is 6.08 Å². The number of carboxylic acids is 2. The molecule has 0 aromatic carbocycles. The van der Waals surface area contributed by atoms with Gasteiger partial charge in [-0.25, -0.2) is 4.79 Å². The first-order chi connectivity index (χ1) is 14.3. The van der Waals surface area contributed by atoms with Gasteiger partial charge in [-0.2, -0.15) is 0 Å². The fourth-order valence-electron chi connectivity index (χ4n) is 2.95. The summed E-state index contributed by atoms with van der Waals surface area (Å²) >= 11 is 0. The second-order valence-electron chi connectivity index (χ2n) is 6.93. The molecule has 2 rings (SSSR count). The second kappa shape index (κ2) is 13.7. The van der Waals surface area contributed by atoms with Crippen LogP contribution in [0.5, 0.6) is 0 Å². The minimum atomic E-state index is -1.03. The lowest BCUT2D eigenvalue weighted by Gasteiger charge is -2.27. The van der Waals surface area contributed by atoms with Gasteiger partial charge >= 0.3 is 11.9 Å². The number of morpholine rings is 2. The number of allylic oxidation sites excluding steroid dienone is 1. The molecular formula is C20H32N2O8. The van der Waals surface area contributed by atoms with Gasteiger partial charge in [0.05, 0.1) is 38.8 Å². The largest absolute Gasteiger partial charge is 0.481 e. The number of carbonyl (C=O) groups excluding carboxylic acids is 2. The first-order valence-electron chi connectivity index (χ1n) is 10.1. The van der Waals surface area contributed by atoms with E-state index in [0.717, 1.165) is 0 Å². The van der Waals surface area contributed by atoms with Gasteiger partial charge < -0.3 is 29.5 Å². The molecule has 2 saturated heterocycles. The summed E-state index contributed by atoms with van der Waals surface area (Å²) in [4.78, 5) is 48.1. The van der Waals surface area contributed by atoms with Crippen LogP contribution in [-0.2, 0) is 28.7 Å². The predicted molar refractivity (Wildman–Crippen MR) is 107 cm³/mol. The van der Waals surface area contributed by atoms with Crippen molar-refractivity contribution in [2.75, 3.05) is 52.6 Å². The van der Waals surface area contributed by atoms with Gasteiger partial charge in [0.15, 0.2) is 0 Å². The lowest BCUT2D eigenvalue weighted by molar-refractivity contribution is -0.147. The molecule has 0 aromatic rings. The van der Waals surface area contributed by atoms with Crippen molar-refractivity contribution in [2.24, 2.45) is 5.92 Å². The van der Waals surface area contributed by atoms with Crippen molar-refractivity contribution in [1.82, 2.24) is 9.80 Å². The number of carboxylic acid groups (broad SMARTS) is 2. The number of aliphatic carboxylic acids is 2. The molecule has 2 aliphatic heterocycles. The number of nitrogens with zero attached hydrogens (tertiary/aromatic N) is 2. The number of ether oxygens (including phenoxy) is 2. The van der Waals surface area contributed by atoms with Gasteiger partial charge in [-0.15, -0.1) is 0 Å². The highest BCUT2D eigenvalue weighted by Gasteiger charge is 2.24. The maximum absolute atomic E-state index is 11.7. The summed E-state index contributed by atoms with van der Waals surface area (Å²) in [6, 6.07) is 0. The molecule has 2 N–H and O–H groups in total. The summed E-state index contributed by atoms with van der Waals surface area (Å²) in [5.74, 6) is -2.69. The number of amides is 2. The molecule has 0 saturated carbocycles. The highest BCUT2D eigenvalue weighted by Crippen LogP contribution is 2.12. The molecular weight excluding hydrogens is 396 g/mol. The number of rotatable bonds is 7. The summed E-state index contributed by atoms with van der Waals surface area (Å²) in [6.45, 7) is 7.83. The molecule has 2 heterocycles. The van der Waals surface area contributed by atoms with Crippen LogP contribution in [0.2, 0.25) is 0 Å². The summed E-state index contributed by atoms with van der Waals surface area (Å²) < 4.78 is 10.2. The lowest BCUT2D eigenvalue weighted by Crippen LogP contribution is -2.41. The molecule has 0 spiro atoms. The van der Waals surface area contributed by atoms with Crippen molar-refractivity contribution < 1.29 is 38.9 Å². The highest BCUT2D eigenvalue weighted by molar-refractivity contribution is 5.94. The zero-order valence-corrected chi connectivity index (χ0v) is 17.7. The standard InChI is InChI=1S/C10H17NO4.C10H15NO4/c2*1-2-8(10(13)14)7-9(12)11-3-5-15-6-4-11/h8H,2-7H2,1H3,(H,13,14);2H,3-7H2,1H3,(H,13,14)/b;8-2-/t8-;/m1./s1. The third-order valence-corrected chi connectivity index (χ3v) is 4.96. The summed E-state index contributed by atoms with van der Waals surface area (Å²) in [5.41, 5.74) is 0.145. The Morgan fingerprint density at radius 1 is 0.900 bits per heavy atom. The Bertz CT molecular complexity index is 622. The van der Waals surface area contributed by atoms with Gasteiger partial charge in [-0.3, -0.25) is 14.4 Å². The van der Waals surface area contributed by atoms with Gasteiger partial charge in [-0.1, -0.05) is 13.0 Å². The summed E-state index contributed by atoms with van der Waals surface area (Å²) in [5, 5.41) is 17.6. The Morgan fingerprint density at radius 2 is 1.37 bits per heavy atom. The van der Waals surface area contributed by atoms with E-state index in [1.807, 2.05) is 0 Å². The van der Waals surface area contributed by atoms with Crippen LogP contribution in [0.3, 0.4) is 0 Å². The van der Waals surface area contributed by atoms with Crippen molar-refractivity contribution in [3.05, 3.63) is 11.6 Å². The topological polar surface area (TPSA) is 134 Å². The fourth-order valence-corrected chi connectivity index (χ4v) is 2.95. The van der Waals surface area contributed by atoms with E-state index in [-0.39, 0.29) is 30.2 Å². The molecule has 0 unspecified atom stereocenters. The van der Waals surface area contributed by atoms with E-state index in [4.69, 9.17) is 19.7 Å². The molecule has 10 heteroatoms. The molecule has 0 bridgehead atoms. The van der Waals surface area contributed by atoms with Crippen LogP contribution in [0, 0.1) is 5.92 Å². The zero-order chi connectivity index (χ0) is 22.5. The average molecular weight is 428 g/mol. The SMILES string of the molecule is C/C=C(/CC(=O)N1CCOCC1)C(=O)O.CC[C@H](CC(=O)N1CCOCC1)C(=O)O. The quantitative estimate of drug-likeness (QED) is 0.564. The minimum Gasteiger partial charge on any atom is -0.481 e. The summed E-state index contributed by atoms with van der Waals surface area (Å²) in [6.07, 6.45) is 2.02. The van der Waals surface area contributed by atoms with Crippen LogP contribution in [0.4, 0.5) is 0 Å². The lowest BCUT2D eigenvalue weighted by atomic mass is 10.0. The molecule has 1 atom stereocenters. The van der Waals surface area contributed by atoms with E-state index in [9.17, 15) is 19.2 Å². The van der Waals surface area contributed by atoms with Gasteiger partial charge in [-0.05, 0) is 13.3 Å². The zero-order valence-electron chi connectivity index (χ0n) is 17.7. The van der Waals surface area contributed by atoms with Gasteiger partial charge in [0, 0.05) is 38.2 Å². The Labute approximate surface area is 176 Å². The van der Waals surface area contributed by atoms with Crippen LogP contribution in [-0.4, -0.2) is 96.4 Å². The monoisotopic (exact) mass is 428 g/mol. The van der Waals surface area contributed by atoms with E-state index in [1.54, 1.807) is 23.6 Å². The number of hydrogen-bond acceptors (Lipinski definition) is 6. The van der Waals surface area contributed by atoms with Crippen molar-refractivity contribution in [2.45, 2.75) is 33.1 Å². The van der Waals surface area contributed by atoms with Crippen molar-refractivity contribution >= 4 is 23.8 Å². The van der Waals surface area contributed by atoms with Gasteiger partial charge in [0.1, 0.15) is 0 Å².